The first-order valence-corrected chi connectivity index (χ1v) is 17.3. The average Bonchev–Trinajstić information content (AvgIpc) is 3.38. The molecule has 7 N–H and O–H groups in total. The number of nitrogens with two attached hydrogens (primary N) is 1. The molecule has 1 aliphatic heterocycles. The summed E-state index contributed by atoms with van der Waals surface area (Å²) in [6, 6.07) is -3.14. The Morgan fingerprint density at radius 2 is 1.56 bits per heavy atom. The smallest absolute Gasteiger partial charge is 0.326 e. The number of carboxylic acid groups (broad SMARTS) is 1. The zero-order valence-electron chi connectivity index (χ0n) is 26.1. The van der Waals surface area contributed by atoms with Crippen molar-refractivity contribution in [2.24, 2.45) is 5.73 Å². The van der Waals surface area contributed by atoms with Gasteiger partial charge in [0.2, 0.25) is 23.6 Å². The molecule has 0 aromatic carbocycles. The van der Waals surface area contributed by atoms with E-state index >= 15 is 0 Å². The van der Waals surface area contributed by atoms with Crippen LogP contribution in [-0.4, -0.2) is 101 Å². The fraction of sp³-hybridized carbons (Fsp3) is 0.833. The van der Waals surface area contributed by atoms with Gasteiger partial charge in [-0.1, -0.05) is 58.3 Å². The molecule has 13 heteroatoms. The molecule has 0 aliphatic carbocycles. The van der Waals surface area contributed by atoms with E-state index < -0.39 is 47.9 Å². The van der Waals surface area contributed by atoms with Gasteiger partial charge in [-0.2, -0.15) is 11.8 Å². The molecule has 1 fully saturated rings. The molecule has 1 heterocycles. The first-order chi connectivity index (χ1) is 20.6. The number of hydrogen-bond donors (Lipinski definition) is 6. The fourth-order valence-corrected chi connectivity index (χ4v) is 5.56. The number of hydrogen-bond acceptors (Lipinski definition) is 8. The van der Waals surface area contributed by atoms with Crippen molar-refractivity contribution in [2.45, 2.75) is 127 Å². The second kappa shape index (κ2) is 23.1. The summed E-state index contributed by atoms with van der Waals surface area (Å²) in [5.74, 6) is -2.59. The van der Waals surface area contributed by atoms with Gasteiger partial charge in [0.1, 0.15) is 18.1 Å². The maximum absolute atomic E-state index is 13.2. The van der Waals surface area contributed by atoms with Crippen molar-refractivity contribution in [1.82, 2.24) is 20.9 Å². The minimum absolute atomic E-state index is 0.00231. The van der Waals surface area contributed by atoms with Crippen LogP contribution in [0.25, 0.3) is 0 Å². The Labute approximate surface area is 261 Å². The zero-order chi connectivity index (χ0) is 32.0. The molecule has 43 heavy (non-hydrogen) atoms. The van der Waals surface area contributed by atoms with Crippen molar-refractivity contribution in [3.63, 3.8) is 0 Å². The highest BCUT2D eigenvalue weighted by molar-refractivity contribution is 7.98. The minimum atomic E-state index is -1.17. The van der Waals surface area contributed by atoms with Gasteiger partial charge < -0.3 is 36.8 Å². The Bertz CT molecular complexity index is 863. The molecule has 0 spiro atoms. The Hall–Kier alpha value is -2.38. The number of rotatable bonds is 24. The van der Waals surface area contributed by atoms with E-state index in [-0.39, 0.29) is 38.3 Å². The maximum atomic E-state index is 13.2. The molecule has 248 valence electrons. The Morgan fingerprint density at radius 1 is 0.907 bits per heavy atom. The second-order valence-corrected chi connectivity index (χ2v) is 12.3. The van der Waals surface area contributed by atoms with Gasteiger partial charge in [0, 0.05) is 19.4 Å². The number of unbranched alkanes of at least 4 members (excludes halogenated alkanes) is 9. The van der Waals surface area contributed by atoms with E-state index in [9.17, 15) is 34.2 Å². The van der Waals surface area contributed by atoms with Crippen LogP contribution < -0.4 is 21.7 Å². The molecule has 0 saturated carbocycles. The summed E-state index contributed by atoms with van der Waals surface area (Å²) >= 11 is 1.47. The maximum Gasteiger partial charge on any atom is 0.326 e. The quantitative estimate of drug-likeness (QED) is 0.0866. The molecule has 12 nitrogen and oxygen atoms in total. The molecule has 0 aromatic rings. The summed E-state index contributed by atoms with van der Waals surface area (Å²) in [6.45, 7) is 2.27. The number of carbonyl (C=O) groups excluding carboxylic acids is 4. The molecule has 4 amide bonds. The van der Waals surface area contributed by atoms with Gasteiger partial charge in [-0.3, -0.25) is 19.2 Å². The number of aliphatic hydroxyl groups excluding tert-OH is 1. The lowest BCUT2D eigenvalue weighted by molar-refractivity contribution is -0.143. The number of aliphatic carboxylic acids is 1. The van der Waals surface area contributed by atoms with Gasteiger partial charge in [0.15, 0.2) is 0 Å². The predicted molar refractivity (Wildman–Crippen MR) is 168 cm³/mol. The normalized spacial score (nSPS) is 17.7. The number of carbonyl (C=O) groups is 5. The molecular weight excluding hydrogens is 574 g/mol. The number of nitrogens with zero attached hydrogens (tertiary/aromatic N) is 1. The van der Waals surface area contributed by atoms with Crippen LogP contribution in [0.2, 0.25) is 0 Å². The molecule has 4 atom stereocenters. The summed E-state index contributed by atoms with van der Waals surface area (Å²) in [7, 11) is 0. The van der Waals surface area contributed by atoms with Crippen LogP contribution in [0.3, 0.4) is 0 Å². The fourth-order valence-electron chi connectivity index (χ4n) is 5.09. The van der Waals surface area contributed by atoms with Crippen molar-refractivity contribution in [3.8, 4) is 0 Å². The largest absolute Gasteiger partial charge is 0.480 e. The lowest BCUT2D eigenvalue weighted by atomic mass is 10.1. The van der Waals surface area contributed by atoms with Crippen LogP contribution in [0.15, 0.2) is 0 Å². The SMILES string of the molecule is CCCCCCCCCCCC(=O)NCC(=O)N1C[C@H](O)C[C@H]1C(=O)N[C@@H](CCSC)C(=O)N[C@@H](CCCCN)C(=O)O. The summed E-state index contributed by atoms with van der Waals surface area (Å²) in [6.07, 6.45) is 13.1. The topological polar surface area (TPSA) is 191 Å². The highest BCUT2D eigenvalue weighted by Gasteiger charge is 2.40. The third kappa shape index (κ3) is 16.3. The van der Waals surface area contributed by atoms with E-state index in [1.165, 1.54) is 55.2 Å². The van der Waals surface area contributed by atoms with Gasteiger partial charge in [-0.05, 0) is 50.7 Å². The highest BCUT2D eigenvalue weighted by atomic mass is 32.2. The van der Waals surface area contributed by atoms with E-state index in [1.54, 1.807) is 0 Å². The first-order valence-electron chi connectivity index (χ1n) is 15.9. The van der Waals surface area contributed by atoms with Crippen molar-refractivity contribution in [2.75, 3.05) is 31.6 Å². The first kappa shape index (κ1) is 38.6. The third-order valence-corrected chi connectivity index (χ3v) is 8.30. The van der Waals surface area contributed by atoms with Crippen LogP contribution in [0.5, 0.6) is 0 Å². The molecule has 0 unspecified atom stereocenters. The van der Waals surface area contributed by atoms with E-state index in [1.807, 2.05) is 6.26 Å². The van der Waals surface area contributed by atoms with Gasteiger partial charge in [-0.15, -0.1) is 0 Å². The third-order valence-electron chi connectivity index (χ3n) is 7.65. The summed E-state index contributed by atoms with van der Waals surface area (Å²) in [5.41, 5.74) is 5.48. The average molecular weight is 630 g/mol. The predicted octanol–water partition coefficient (Wildman–Crippen LogP) is 1.92. The molecule has 0 bridgehead atoms. The summed E-state index contributed by atoms with van der Waals surface area (Å²) in [5, 5.41) is 27.6. The number of aliphatic hydroxyl groups is 1. The number of likely N-dealkylation sites (tertiary alicyclic amines) is 1. The highest BCUT2D eigenvalue weighted by Crippen LogP contribution is 2.19. The lowest BCUT2D eigenvalue weighted by Crippen LogP contribution is -2.56. The van der Waals surface area contributed by atoms with Crippen molar-refractivity contribution in [1.29, 1.82) is 0 Å². The zero-order valence-corrected chi connectivity index (χ0v) is 26.9. The molecule has 1 aliphatic rings. The van der Waals surface area contributed by atoms with Crippen LogP contribution in [0, 0.1) is 0 Å². The number of thioether (sulfide) groups is 1. The van der Waals surface area contributed by atoms with Crippen LogP contribution in [0.1, 0.15) is 103 Å². The molecular formula is C30H55N5O7S. The van der Waals surface area contributed by atoms with E-state index in [2.05, 4.69) is 22.9 Å². The lowest BCUT2D eigenvalue weighted by Gasteiger charge is -2.27. The number of nitrogens with one attached hydrogen (secondary N) is 3. The van der Waals surface area contributed by atoms with Gasteiger partial charge >= 0.3 is 5.97 Å². The number of β-amino-alcohol motifs (C(OH)–C–C–N with tert-alkyl or cyclic N) is 1. The van der Waals surface area contributed by atoms with Gasteiger partial charge in [0.05, 0.1) is 12.6 Å². The molecule has 1 rings (SSSR count). The standard InChI is InChI=1S/C30H55N5O7S/c1-3-4-5-6-7-8-9-10-11-15-26(37)32-20-27(38)35-21-22(36)19-25(35)29(40)33-23(16-18-43-2)28(39)34-24(30(41)42)14-12-13-17-31/h22-25,36H,3-21,31H2,1-2H3,(H,32,37)(H,33,40)(H,34,39)(H,41,42)/t22-,23+,24+,25+/m1/s1. The Balaban J connectivity index is 2.61. The number of amides is 4. The molecule has 0 aromatic heterocycles. The van der Waals surface area contributed by atoms with Gasteiger partial charge in [0.25, 0.3) is 0 Å². The monoisotopic (exact) mass is 629 g/mol. The second-order valence-electron chi connectivity index (χ2n) is 11.3. The minimum Gasteiger partial charge on any atom is -0.480 e. The number of carboxylic acids is 1. The van der Waals surface area contributed by atoms with Crippen LogP contribution >= 0.6 is 11.8 Å². The van der Waals surface area contributed by atoms with Crippen LogP contribution in [-0.2, 0) is 24.0 Å². The Morgan fingerprint density at radius 3 is 2.16 bits per heavy atom. The van der Waals surface area contributed by atoms with Crippen LogP contribution in [0.4, 0.5) is 0 Å². The van der Waals surface area contributed by atoms with Gasteiger partial charge in [-0.25, -0.2) is 4.79 Å². The molecule has 0 radical (unpaired) electrons. The Kier molecular flexibility index (Phi) is 20.7. The molecule has 1 saturated heterocycles. The summed E-state index contributed by atoms with van der Waals surface area (Å²) < 4.78 is 0. The van der Waals surface area contributed by atoms with E-state index in [0.29, 0.717) is 31.6 Å². The summed E-state index contributed by atoms with van der Waals surface area (Å²) in [4.78, 5) is 64.3. The van der Waals surface area contributed by atoms with E-state index in [4.69, 9.17) is 5.73 Å². The van der Waals surface area contributed by atoms with E-state index in [0.717, 1.165) is 19.3 Å². The van der Waals surface area contributed by atoms with Crippen molar-refractivity contribution < 1.29 is 34.2 Å². The van der Waals surface area contributed by atoms with Crippen molar-refractivity contribution in [3.05, 3.63) is 0 Å². The van der Waals surface area contributed by atoms with Crippen molar-refractivity contribution >= 4 is 41.4 Å².